The van der Waals surface area contributed by atoms with Gasteiger partial charge in [-0.3, -0.25) is 18.6 Å². The molecule has 16 nitrogen and oxygen atoms in total. The first-order chi connectivity index (χ1) is 23.5. The molecule has 266 valence electrons. The van der Waals surface area contributed by atoms with Crippen LogP contribution in [0.5, 0.6) is 0 Å². The lowest BCUT2D eigenvalue weighted by molar-refractivity contribution is -0.156. The van der Waals surface area contributed by atoms with Gasteiger partial charge >= 0.3 is 19.7 Å². The Balaban J connectivity index is 1.58. The third-order valence-corrected chi connectivity index (χ3v) is 9.66. The number of carbonyl (C=O) groups is 2. The van der Waals surface area contributed by atoms with Crippen LogP contribution in [-0.4, -0.2) is 81.1 Å². The van der Waals surface area contributed by atoms with Crippen LogP contribution in [0.15, 0.2) is 48.8 Å². The molecule has 0 unspecified atom stereocenters. The Morgan fingerprint density at radius 2 is 1.82 bits per heavy atom. The topological polar surface area (TPSA) is 230 Å². The molecule has 1 fully saturated rings. The van der Waals surface area contributed by atoms with Crippen LogP contribution in [0.2, 0.25) is 0 Å². The number of aromatic nitrogens is 3. The number of aliphatic hydroxyl groups excluding tert-OH is 2. The summed E-state index contributed by atoms with van der Waals surface area (Å²) in [4.78, 5) is 29.7. The number of anilines is 1. The van der Waals surface area contributed by atoms with Gasteiger partial charge in [-0.15, -0.1) is 0 Å². The van der Waals surface area contributed by atoms with Gasteiger partial charge in [0.2, 0.25) is 12.4 Å². The van der Waals surface area contributed by atoms with Crippen molar-refractivity contribution in [1.82, 2.24) is 19.7 Å². The summed E-state index contributed by atoms with van der Waals surface area (Å²) >= 11 is 0. The van der Waals surface area contributed by atoms with Crippen LogP contribution in [0.1, 0.15) is 57.7 Å². The number of hydrogen-bond donors (Lipinski definition) is 4. The second-order valence-electron chi connectivity index (χ2n) is 11.5. The molecule has 1 aliphatic heterocycles. The molecule has 5 N–H and O–H groups in total. The van der Waals surface area contributed by atoms with Crippen LogP contribution in [0.4, 0.5) is 5.82 Å². The Bertz CT molecular complexity index is 1650. The van der Waals surface area contributed by atoms with Gasteiger partial charge in [0.15, 0.2) is 5.82 Å². The van der Waals surface area contributed by atoms with Crippen molar-refractivity contribution in [3.63, 3.8) is 0 Å². The normalized spacial score (nSPS) is 22.4. The number of nitrogens with one attached hydrogen (secondary N) is 1. The van der Waals surface area contributed by atoms with E-state index in [2.05, 4.69) is 15.2 Å². The molecule has 4 rings (SSSR count). The fraction of sp³-hybridized carbons (Fsp3) is 0.531. The third-order valence-electron chi connectivity index (χ3n) is 8.09. The first kappa shape index (κ1) is 37.9. The fourth-order valence-electron chi connectivity index (χ4n) is 5.65. The molecule has 0 aliphatic carbocycles. The van der Waals surface area contributed by atoms with Gasteiger partial charge in [-0.1, -0.05) is 57.0 Å². The molecule has 3 heterocycles. The van der Waals surface area contributed by atoms with E-state index in [0.717, 1.165) is 19.2 Å². The van der Waals surface area contributed by atoms with E-state index >= 15 is 0 Å². The number of nitrogen functional groups attached to an aromatic ring is 1. The number of nitriles is 1. The maximum atomic E-state index is 14.3. The zero-order valence-electron chi connectivity index (χ0n) is 27.6. The smallest absolute Gasteiger partial charge is 0.409 e. The summed E-state index contributed by atoms with van der Waals surface area (Å²) in [5.41, 5.74) is 4.86. The zero-order valence-corrected chi connectivity index (χ0v) is 28.5. The molecule has 0 radical (unpaired) electrons. The van der Waals surface area contributed by atoms with Crippen LogP contribution in [-0.2, 0) is 49.4 Å². The van der Waals surface area contributed by atoms with Crippen molar-refractivity contribution < 1.29 is 47.6 Å². The highest BCUT2D eigenvalue weighted by Crippen LogP contribution is 2.47. The molecule has 1 aromatic carbocycles. The number of aliphatic hydroxyl groups is 2. The van der Waals surface area contributed by atoms with E-state index in [1.54, 1.807) is 37.3 Å². The number of carbonyl (C=O) groups excluding carboxylic acids is 2. The number of rotatable bonds is 18. The number of esters is 2. The van der Waals surface area contributed by atoms with Crippen molar-refractivity contribution in [2.45, 2.75) is 82.8 Å². The molecule has 0 bridgehead atoms. The molecule has 3 aromatic rings. The Morgan fingerprint density at radius 3 is 2.47 bits per heavy atom. The van der Waals surface area contributed by atoms with Gasteiger partial charge in [0, 0.05) is 0 Å². The van der Waals surface area contributed by atoms with Crippen LogP contribution >= 0.6 is 7.75 Å². The molecular formula is C32H43N6O10P. The van der Waals surface area contributed by atoms with E-state index in [1.807, 2.05) is 19.9 Å². The van der Waals surface area contributed by atoms with E-state index < -0.39 is 63.0 Å². The summed E-state index contributed by atoms with van der Waals surface area (Å²) < 4.78 is 43.2. The quantitative estimate of drug-likeness (QED) is 0.0848. The molecule has 2 aromatic heterocycles. The summed E-state index contributed by atoms with van der Waals surface area (Å²) in [6.45, 7) is 4.06. The van der Waals surface area contributed by atoms with E-state index in [-0.39, 0.29) is 30.5 Å². The van der Waals surface area contributed by atoms with Crippen LogP contribution in [0, 0.1) is 17.2 Å². The number of nitrogens with two attached hydrogens (primary N) is 1. The number of fused-ring (bicyclic) bond motifs is 1. The van der Waals surface area contributed by atoms with Gasteiger partial charge in [-0.25, -0.2) is 19.2 Å². The van der Waals surface area contributed by atoms with Gasteiger partial charge in [-0.2, -0.15) is 10.4 Å². The maximum Gasteiger partial charge on any atom is 0.409 e. The zero-order chi connectivity index (χ0) is 35.6. The van der Waals surface area contributed by atoms with Crippen molar-refractivity contribution in [3.05, 3.63) is 60.0 Å². The standard InChI is InChI=1S/C32H43N6O10P/c1-4-10-22(11-5-2)30(41)45-20-47-49(43,37-23(31(42)44-6-3)16-21-12-8-7-9-13-21)46-17-25-27(39)28(40)32(18-33,48-25)26-15-14-24-29(34)35-19-36-38(24)26/h7-9,12-15,19,22-23,25,27-28,39-40H,4-6,10-11,16-17,20H2,1-3H3,(H,37,43)(H2,34,35,36)/t23-,25+,27+,28+,32-,49-/m0/s1. The van der Waals surface area contributed by atoms with Gasteiger partial charge in [-0.05, 0) is 43.9 Å². The predicted octanol–water partition coefficient (Wildman–Crippen LogP) is 2.77. The summed E-state index contributed by atoms with van der Waals surface area (Å²) in [6.07, 6.45) is -1.09. The average molecular weight is 703 g/mol. The molecule has 0 amide bonds. The van der Waals surface area contributed by atoms with Crippen molar-refractivity contribution in [2.24, 2.45) is 5.92 Å². The minimum absolute atomic E-state index is 0.0241. The lowest BCUT2D eigenvalue weighted by atomic mass is 9.92. The monoisotopic (exact) mass is 702 g/mol. The highest BCUT2D eigenvalue weighted by Gasteiger charge is 2.58. The molecular weight excluding hydrogens is 659 g/mol. The van der Waals surface area contributed by atoms with Gasteiger partial charge in [0.25, 0.3) is 0 Å². The Morgan fingerprint density at radius 1 is 1.10 bits per heavy atom. The summed E-state index contributed by atoms with van der Waals surface area (Å²) in [6, 6.07) is 12.5. The number of nitrogens with zero attached hydrogens (tertiary/aromatic N) is 4. The summed E-state index contributed by atoms with van der Waals surface area (Å²) in [5.74, 6) is -1.57. The second-order valence-corrected chi connectivity index (χ2v) is 13.3. The first-order valence-corrected chi connectivity index (χ1v) is 17.6. The van der Waals surface area contributed by atoms with Crippen LogP contribution in [0.25, 0.3) is 5.52 Å². The Kier molecular flexibility index (Phi) is 13.2. The fourth-order valence-corrected chi connectivity index (χ4v) is 6.98. The highest BCUT2D eigenvalue weighted by atomic mass is 31.2. The number of hydrogen-bond acceptors (Lipinski definition) is 14. The second kappa shape index (κ2) is 17.1. The Labute approximate surface area is 284 Å². The minimum Gasteiger partial charge on any atom is -0.465 e. The number of ether oxygens (including phenoxy) is 3. The average Bonchev–Trinajstić information content (AvgIpc) is 3.64. The predicted molar refractivity (Wildman–Crippen MR) is 174 cm³/mol. The SMILES string of the molecule is CCCC(CCC)C(=O)OCO[P@](=O)(N[C@@H](Cc1ccccc1)C(=O)OCC)OC[C@H]1O[C@@](C#N)(c2ccc3c(N)ncnn23)[C@H](O)[C@@H]1O. The lowest BCUT2D eigenvalue weighted by Gasteiger charge is -2.26. The maximum absolute atomic E-state index is 14.3. The van der Waals surface area contributed by atoms with Crippen molar-refractivity contribution in [3.8, 4) is 6.07 Å². The van der Waals surface area contributed by atoms with E-state index in [1.165, 1.54) is 16.6 Å². The van der Waals surface area contributed by atoms with Gasteiger partial charge < -0.3 is 30.2 Å². The third kappa shape index (κ3) is 8.81. The van der Waals surface area contributed by atoms with E-state index in [0.29, 0.717) is 23.9 Å². The highest BCUT2D eigenvalue weighted by molar-refractivity contribution is 7.51. The molecule has 0 spiro atoms. The lowest BCUT2D eigenvalue weighted by Crippen LogP contribution is -2.41. The summed E-state index contributed by atoms with van der Waals surface area (Å²) in [7, 11) is -4.59. The first-order valence-electron chi connectivity index (χ1n) is 16.1. The summed E-state index contributed by atoms with van der Waals surface area (Å²) in [5, 5.41) is 39.1. The van der Waals surface area contributed by atoms with Crippen LogP contribution in [0.3, 0.4) is 0 Å². The number of benzene rings is 1. The van der Waals surface area contributed by atoms with E-state index in [4.69, 9.17) is 29.0 Å². The van der Waals surface area contributed by atoms with Crippen molar-refractivity contribution in [2.75, 3.05) is 25.7 Å². The molecule has 1 saturated heterocycles. The van der Waals surface area contributed by atoms with Crippen LogP contribution < -0.4 is 10.8 Å². The molecule has 49 heavy (non-hydrogen) atoms. The van der Waals surface area contributed by atoms with Gasteiger partial charge in [0.1, 0.15) is 42.3 Å². The largest absolute Gasteiger partial charge is 0.465 e. The Hall–Kier alpha value is -3.94. The molecule has 0 saturated carbocycles. The van der Waals surface area contributed by atoms with Gasteiger partial charge in [0.05, 0.1) is 24.8 Å². The minimum atomic E-state index is -4.59. The van der Waals surface area contributed by atoms with E-state index in [9.17, 15) is 29.6 Å². The molecule has 1 aliphatic rings. The van der Waals surface area contributed by atoms with Crippen molar-refractivity contribution in [1.29, 1.82) is 5.26 Å². The molecule has 17 heteroatoms. The molecule has 6 atom stereocenters. The van der Waals surface area contributed by atoms with Crippen molar-refractivity contribution >= 4 is 31.0 Å².